The molecule has 0 aliphatic heterocycles. The number of rotatable bonds is 7. The Morgan fingerprint density at radius 2 is 2.20 bits per heavy atom. The molecule has 0 bridgehead atoms. The van der Waals surface area contributed by atoms with Gasteiger partial charge in [-0.3, -0.25) is 4.99 Å². The zero-order valence-corrected chi connectivity index (χ0v) is 16.2. The van der Waals surface area contributed by atoms with E-state index in [0.717, 1.165) is 25.6 Å². The van der Waals surface area contributed by atoms with Crippen molar-refractivity contribution < 1.29 is 0 Å². The van der Waals surface area contributed by atoms with Crippen molar-refractivity contribution in [1.29, 1.82) is 0 Å². The van der Waals surface area contributed by atoms with Crippen molar-refractivity contribution in [2.75, 3.05) is 26.7 Å². The SMILES string of the molecule is CCCCN(C)C(=NCC(C)c1cccs1)NCC.I. The second-order valence-corrected chi connectivity index (χ2v) is 5.87. The summed E-state index contributed by atoms with van der Waals surface area (Å²) in [6, 6.07) is 4.30. The maximum Gasteiger partial charge on any atom is 0.193 e. The standard InChI is InChI=1S/C15H27N3S.HI/c1-5-7-10-18(4)15(16-6-2)17-12-13(3)14-9-8-11-19-14;/h8-9,11,13H,5-7,10,12H2,1-4H3,(H,16,17);1H. The summed E-state index contributed by atoms with van der Waals surface area (Å²) in [5.74, 6) is 1.52. The molecule has 0 amide bonds. The first-order chi connectivity index (χ1) is 9.19. The number of nitrogens with one attached hydrogen (secondary N) is 1. The monoisotopic (exact) mass is 409 g/mol. The van der Waals surface area contributed by atoms with E-state index in [1.165, 1.54) is 17.7 Å². The van der Waals surface area contributed by atoms with Gasteiger partial charge >= 0.3 is 0 Å². The van der Waals surface area contributed by atoms with Gasteiger partial charge < -0.3 is 10.2 Å². The third-order valence-electron chi connectivity index (χ3n) is 3.09. The van der Waals surface area contributed by atoms with Crippen LogP contribution in [0.15, 0.2) is 22.5 Å². The van der Waals surface area contributed by atoms with Crippen LogP contribution in [0.3, 0.4) is 0 Å². The summed E-state index contributed by atoms with van der Waals surface area (Å²) in [6.45, 7) is 9.41. The number of halogens is 1. The molecule has 1 aromatic heterocycles. The molecular formula is C15H28IN3S. The highest BCUT2D eigenvalue weighted by molar-refractivity contribution is 14.0. The summed E-state index contributed by atoms with van der Waals surface area (Å²) < 4.78 is 0. The Labute approximate surface area is 144 Å². The van der Waals surface area contributed by atoms with Crippen LogP contribution < -0.4 is 5.32 Å². The van der Waals surface area contributed by atoms with Gasteiger partial charge in [-0.15, -0.1) is 35.3 Å². The first kappa shape index (κ1) is 19.7. The minimum atomic E-state index is 0. The summed E-state index contributed by atoms with van der Waals surface area (Å²) >= 11 is 1.82. The van der Waals surface area contributed by atoms with E-state index in [-0.39, 0.29) is 24.0 Å². The minimum absolute atomic E-state index is 0. The van der Waals surface area contributed by atoms with E-state index in [1.54, 1.807) is 0 Å². The van der Waals surface area contributed by atoms with Crippen molar-refractivity contribution in [3.8, 4) is 0 Å². The zero-order valence-electron chi connectivity index (χ0n) is 13.1. The molecule has 0 aliphatic carbocycles. The van der Waals surface area contributed by atoms with Crippen molar-refractivity contribution in [3.63, 3.8) is 0 Å². The highest BCUT2D eigenvalue weighted by Gasteiger charge is 2.08. The molecule has 1 rings (SSSR count). The molecule has 20 heavy (non-hydrogen) atoms. The topological polar surface area (TPSA) is 27.6 Å². The molecule has 1 atom stereocenters. The molecule has 0 aliphatic rings. The number of unbranched alkanes of at least 4 members (excludes halogenated alkanes) is 1. The summed E-state index contributed by atoms with van der Waals surface area (Å²) in [5, 5.41) is 5.50. The van der Waals surface area contributed by atoms with Gasteiger partial charge in [0.05, 0.1) is 6.54 Å². The van der Waals surface area contributed by atoms with Gasteiger partial charge in [0, 0.05) is 30.9 Å². The van der Waals surface area contributed by atoms with Gasteiger partial charge in [0.2, 0.25) is 0 Å². The van der Waals surface area contributed by atoms with Crippen LogP contribution in [0.5, 0.6) is 0 Å². The first-order valence-electron chi connectivity index (χ1n) is 7.21. The van der Waals surface area contributed by atoms with Gasteiger partial charge in [0.25, 0.3) is 0 Å². The largest absolute Gasteiger partial charge is 0.357 e. The third-order valence-corrected chi connectivity index (χ3v) is 4.19. The average Bonchev–Trinajstić information content (AvgIpc) is 2.94. The molecule has 1 heterocycles. The van der Waals surface area contributed by atoms with Crippen molar-refractivity contribution >= 4 is 41.3 Å². The van der Waals surface area contributed by atoms with E-state index in [2.05, 4.69) is 55.5 Å². The smallest absolute Gasteiger partial charge is 0.193 e. The van der Waals surface area contributed by atoms with Crippen LogP contribution in [0.2, 0.25) is 0 Å². The fraction of sp³-hybridized carbons (Fsp3) is 0.667. The van der Waals surface area contributed by atoms with Gasteiger partial charge in [-0.1, -0.05) is 26.3 Å². The molecule has 1 N–H and O–H groups in total. The minimum Gasteiger partial charge on any atom is -0.357 e. The maximum atomic E-state index is 4.76. The Kier molecular flexibility index (Phi) is 11.2. The maximum absolute atomic E-state index is 4.76. The van der Waals surface area contributed by atoms with Gasteiger partial charge in [0.1, 0.15) is 0 Å². The number of hydrogen-bond donors (Lipinski definition) is 1. The van der Waals surface area contributed by atoms with Gasteiger partial charge in [-0.05, 0) is 24.8 Å². The van der Waals surface area contributed by atoms with Crippen LogP contribution in [0.4, 0.5) is 0 Å². The number of thiophene rings is 1. The number of hydrogen-bond acceptors (Lipinski definition) is 2. The lowest BCUT2D eigenvalue weighted by Gasteiger charge is -2.22. The van der Waals surface area contributed by atoms with E-state index < -0.39 is 0 Å². The molecule has 0 saturated heterocycles. The lowest BCUT2D eigenvalue weighted by Crippen LogP contribution is -2.39. The van der Waals surface area contributed by atoms with Crippen LogP contribution in [0, 0.1) is 0 Å². The molecule has 1 aromatic rings. The van der Waals surface area contributed by atoms with Gasteiger partial charge in [0.15, 0.2) is 5.96 Å². The molecule has 5 heteroatoms. The number of nitrogens with zero attached hydrogens (tertiary/aromatic N) is 2. The quantitative estimate of drug-likeness (QED) is 0.416. The summed E-state index contributed by atoms with van der Waals surface area (Å²) in [4.78, 5) is 8.40. The second-order valence-electron chi connectivity index (χ2n) is 4.89. The van der Waals surface area contributed by atoms with E-state index in [0.29, 0.717) is 5.92 Å². The third kappa shape index (κ3) is 6.92. The van der Waals surface area contributed by atoms with E-state index >= 15 is 0 Å². The molecule has 116 valence electrons. The second kappa shape index (κ2) is 11.4. The predicted molar refractivity (Wildman–Crippen MR) is 102 cm³/mol. The molecule has 0 saturated carbocycles. The van der Waals surface area contributed by atoms with Crippen molar-refractivity contribution in [1.82, 2.24) is 10.2 Å². The Hall–Kier alpha value is -0.300. The van der Waals surface area contributed by atoms with Crippen molar-refractivity contribution in [3.05, 3.63) is 22.4 Å². The van der Waals surface area contributed by atoms with Crippen LogP contribution >= 0.6 is 35.3 Å². The molecule has 1 unspecified atom stereocenters. The van der Waals surface area contributed by atoms with Crippen LogP contribution in [-0.4, -0.2) is 37.5 Å². The zero-order chi connectivity index (χ0) is 14.1. The Morgan fingerprint density at radius 3 is 2.75 bits per heavy atom. The van der Waals surface area contributed by atoms with Crippen molar-refractivity contribution in [2.24, 2.45) is 4.99 Å². The molecule has 0 fully saturated rings. The Bertz CT molecular complexity index is 365. The molecule has 3 nitrogen and oxygen atoms in total. The normalized spacial score (nSPS) is 12.7. The predicted octanol–water partition coefficient (Wildman–Crippen LogP) is 4.17. The lowest BCUT2D eigenvalue weighted by atomic mass is 10.1. The number of guanidine groups is 1. The molecule has 0 radical (unpaired) electrons. The van der Waals surface area contributed by atoms with E-state index in [9.17, 15) is 0 Å². The Balaban J connectivity index is 0.00000361. The summed E-state index contributed by atoms with van der Waals surface area (Å²) in [6.07, 6.45) is 2.43. The molecule has 0 spiro atoms. The summed E-state index contributed by atoms with van der Waals surface area (Å²) in [7, 11) is 2.12. The first-order valence-corrected chi connectivity index (χ1v) is 8.09. The fourth-order valence-electron chi connectivity index (χ4n) is 1.86. The molecule has 0 aromatic carbocycles. The van der Waals surface area contributed by atoms with Crippen LogP contribution in [-0.2, 0) is 0 Å². The van der Waals surface area contributed by atoms with Crippen LogP contribution in [0.1, 0.15) is 44.4 Å². The van der Waals surface area contributed by atoms with E-state index in [1.807, 2.05) is 11.3 Å². The summed E-state index contributed by atoms with van der Waals surface area (Å²) in [5.41, 5.74) is 0. The average molecular weight is 409 g/mol. The van der Waals surface area contributed by atoms with Crippen molar-refractivity contribution in [2.45, 2.75) is 39.5 Å². The number of aliphatic imine (C=N–C) groups is 1. The fourth-order valence-corrected chi connectivity index (χ4v) is 2.63. The Morgan fingerprint density at radius 1 is 1.45 bits per heavy atom. The van der Waals surface area contributed by atoms with Gasteiger partial charge in [-0.25, -0.2) is 0 Å². The lowest BCUT2D eigenvalue weighted by molar-refractivity contribution is 0.464. The molecular weight excluding hydrogens is 381 g/mol. The van der Waals surface area contributed by atoms with Crippen LogP contribution in [0.25, 0.3) is 0 Å². The highest BCUT2D eigenvalue weighted by atomic mass is 127. The van der Waals surface area contributed by atoms with E-state index in [4.69, 9.17) is 4.99 Å². The van der Waals surface area contributed by atoms with Gasteiger partial charge in [-0.2, -0.15) is 0 Å². The highest BCUT2D eigenvalue weighted by Crippen LogP contribution is 2.20.